The lowest BCUT2D eigenvalue weighted by molar-refractivity contribution is -0.162. The Morgan fingerprint density at radius 1 is 1.06 bits per heavy atom. The van der Waals surface area contributed by atoms with Crippen LogP contribution in [-0.4, -0.2) is 27.0 Å². The number of benzene rings is 2. The van der Waals surface area contributed by atoms with Gasteiger partial charge in [-0.15, -0.1) is 0 Å². The molecule has 1 N–H and O–H groups in total. The number of ether oxygens (including phenoxy) is 1. The molecule has 1 heterocycles. The maximum atomic E-state index is 12.8. The zero-order valence-electron chi connectivity index (χ0n) is 18.0. The van der Waals surface area contributed by atoms with Crippen LogP contribution in [0.15, 0.2) is 72.9 Å². The van der Waals surface area contributed by atoms with Gasteiger partial charge in [-0.25, -0.2) is 4.79 Å². The van der Waals surface area contributed by atoms with E-state index in [1.54, 1.807) is 0 Å². The summed E-state index contributed by atoms with van der Waals surface area (Å²) in [6.07, 6.45) is 5.86. The molecule has 0 aliphatic rings. The molecule has 0 fully saturated rings. The molecule has 160 valence electrons. The normalized spacial score (nSPS) is 11.7. The van der Waals surface area contributed by atoms with E-state index in [0.717, 1.165) is 16.7 Å². The highest BCUT2D eigenvalue weighted by molar-refractivity contribution is 6.08. The van der Waals surface area contributed by atoms with Gasteiger partial charge in [-0.05, 0) is 50.1 Å². The smallest absolute Gasteiger partial charge is 0.335 e. The minimum Gasteiger partial charge on any atom is -0.479 e. The van der Waals surface area contributed by atoms with Crippen molar-refractivity contribution in [1.82, 2.24) is 4.57 Å². The lowest BCUT2D eigenvalue weighted by Crippen LogP contribution is -2.34. The molecule has 0 saturated carbocycles. The largest absolute Gasteiger partial charge is 0.479 e. The Morgan fingerprint density at radius 3 is 2.52 bits per heavy atom. The number of allylic oxidation sites excluding steroid dienone is 1. The number of ketones is 1. The van der Waals surface area contributed by atoms with Gasteiger partial charge in [0.15, 0.2) is 5.60 Å². The van der Waals surface area contributed by atoms with E-state index in [9.17, 15) is 9.59 Å². The summed E-state index contributed by atoms with van der Waals surface area (Å²) in [5.74, 6) is -0.996. The predicted octanol–water partition coefficient (Wildman–Crippen LogP) is 5.12. The molecule has 0 amide bonds. The Kier molecular flexibility index (Phi) is 6.88. The first-order chi connectivity index (χ1) is 14.8. The van der Waals surface area contributed by atoms with Crippen LogP contribution in [-0.2, 0) is 22.7 Å². The van der Waals surface area contributed by atoms with Gasteiger partial charge in [0.05, 0.1) is 12.3 Å². The Bertz CT molecular complexity index is 1090. The van der Waals surface area contributed by atoms with Gasteiger partial charge in [0.2, 0.25) is 5.78 Å². The number of carboxylic acid groups (broad SMARTS) is 1. The standard InChI is InChI=1S/C26H27NO4/c1-19-11-13-22(14-12-19)24(28)23-10-6-16-27(23)15-5-9-20-7-4-8-21(17-20)18-31-26(2,3)25(29)30/h4-14,16-17H,15,18H2,1-3H3,(H,29,30)/b9-5+. The average Bonchev–Trinajstić information content (AvgIpc) is 3.21. The van der Waals surface area contributed by atoms with Gasteiger partial charge in [-0.3, -0.25) is 4.79 Å². The van der Waals surface area contributed by atoms with Crippen LogP contribution in [0.25, 0.3) is 6.08 Å². The number of aromatic nitrogens is 1. The molecule has 0 atom stereocenters. The van der Waals surface area contributed by atoms with Gasteiger partial charge >= 0.3 is 5.97 Å². The van der Waals surface area contributed by atoms with E-state index in [0.29, 0.717) is 17.8 Å². The van der Waals surface area contributed by atoms with Crippen molar-refractivity contribution in [1.29, 1.82) is 0 Å². The number of hydrogen-bond acceptors (Lipinski definition) is 3. The monoisotopic (exact) mass is 417 g/mol. The van der Waals surface area contributed by atoms with Crippen molar-refractivity contribution < 1.29 is 19.4 Å². The van der Waals surface area contributed by atoms with Crippen LogP contribution in [0, 0.1) is 6.92 Å². The quantitative estimate of drug-likeness (QED) is 0.491. The molecule has 0 aliphatic heterocycles. The zero-order valence-corrected chi connectivity index (χ0v) is 18.0. The van der Waals surface area contributed by atoms with E-state index in [4.69, 9.17) is 9.84 Å². The fraction of sp³-hybridized carbons (Fsp3) is 0.231. The maximum Gasteiger partial charge on any atom is 0.335 e. The highest BCUT2D eigenvalue weighted by Gasteiger charge is 2.27. The molecule has 1 aromatic heterocycles. The van der Waals surface area contributed by atoms with E-state index >= 15 is 0 Å². The van der Waals surface area contributed by atoms with Crippen molar-refractivity contribution in [2.24, 2.45) is 0 Å². The SMILES string of the molecule is Cc1ccc(C(=O)c2cccn2C/C=C/c2cccc(COC(C)(C)C(=O)O)c2)cc1. The first kappa shape index (κ1) is 22.2. The third-order valence-corrected chi connectivity index (χ3v) is 5.05. The van der Waals surface area contributed by atoms with Crippen molar-refractivity contribution in [3.8, 4) is 0 Å². The Hall–Kier alpha value is -3.44. The predicted molar refractivity (Wildman–Crippen MR) is 121 cm³/mol. The second kappa shape index (κ2) is 9.58. The minimum atomic E-state index is -1.24. The molecule has 3 rings (SSSR count). The molecular formula is C26H27NO4. The number of nitrogens with zero attached hydrogens (tertiary/aromatic N) is 1. The molecule has 5 nitrogen and oxygen atoms in total. The summed E-state index contributed by atoms with van der Waals surface area (Å²) in [7, 11) is 0. The summed E-state index contributed by atoms with van der Waals surface area (Å²) >= 11 is 0. The van der Waals surface area contributed by atoms with E-state index in [1.165, 1.54) is 13.8 Å². The summed E-state index contributed by atoms with van der Waals surface area (Å²) in [5, 5.41) is 9.16. The Labute approximate surface area is 182 Å². The molecule has 0 aliphatic carbocycles. The van der Waals surface area contributed by atoms with E-state index in [2.05, 4.69) is 0 Å². The number of aliphatic carboxylic acids is 1. The van der Waals surface area contributed by atoms with Crippen molar-refractivity contribution in [2.75, 3.05) is 0 Å². The Morgan fingerprint density at radius 2 is 1.81 bits per heavy atom. The van der Waals surface area contributed by atoms with Gasteiger partial charge in [0, 0.05) is 18.3 Å². The topological polar surface area (TPSA) is 68.5 Å². The first-order valence-electron chi connectivity index (χ1n) is 10.2. The number of carbonyl (C=O) groups excluding carboxylic acids is 1. The molecule has 3 aromatic rings. The van der Waals surface area contributed by atoms with Gasteiger partial charge in [-0.2, -0.15) is 0 Å². The van der Waals surface area contributed by atoms with Gasteiger partial charge in [-0.1, -0.05) is 60.2 Å². The van der Waals surface area contributed by atoms with Gasteiger partial charge < -0.3 is 14.4 Å². The molecule has 0 radical (unpaired) electrons. The molecule has 0 spiro atoms. The summed E-state index contributed by atoms with van der Waals surface area (Å²) < 4.78 is 7.44. The van der Waals surface area contributed by atoms with E-state index in [-0.39, 0.29) is 12.4 Å². The Balaban J connectivity index is 1.65. The van der Waals surface area contributed by atoms with Crippen LogP contribution in [0.3, 0.4) is 0 Å². The van der Waals surface area contributed by atoms with Crippen molar-refractivity contribution in [3.05, 3.63) is 101 Å². The molecule has 0 bridgehead atoms. The molecule has 0 saturated heterocycles. The number of carbonyl (C=O) groups is 2. The fourth-order valence-electron chi connectivity index (χ4n) is 3.05. The highest BCUT2D eigenvalue weighted by Crippen LogP contribution is 2.16. The third kappa shape index (κ3) is 5.80. The van der Waals surface area contributed by atoms with Crippen LogP contribution in [0.2, 0.25) is 0 Å². The van der Waals surface area contributed by atoms with Crippen LogP contribution in [0.1, 0.15) is 46.6 Å². The second-order valence-electron chi connectivity index (χ2n) is 7.99. The third-order valence-electron chi connectivity index (χ3n) is 5.05. The zero-order chi connectivity index (χ0) is 22.4. The van der Waals surface area contributed by atoms with Gasteiger partial charge in [0.25, 0.3) is 0 Å². The number of aryl methyl sites for hydroxylation is 1. The average molecular weight is 418 g/mol. The van der Waals surface area contributed by atoms with E-state index < -0.39 is 11.6 Å². The maximum absolute atomic E-state index is 12.8. The molecular weight excluding hydrogens is 390 g/mol. The van der Waals surface area contributed by atoms with Crippen molar-refractivity contribution in [2.45, 2.75) is 39.5 Å². The van der Waals surface area contributed by atoms with Crippen LogP contribution < -0.4 is 0 Å². The van der Waals surface area contributed by atoms with E-state index in [1.807, 2.05) is 90.5 Å². The summed E-state index contributed by atoms with van der Waals surface area (Å²) in [5.41, 5.74) is 3.08. The first-order valence-corrected chi connectivity index (χ1v) is 10.2. The van der Waals surface area contributed by atoms with Crippen molar-refractivity contribution >= 4 is 17.8 Å². The fourth-order valence-corrected chi connectivity index (χ4v) is 3.05. The summed E-state index contributed by atoms with van der Waals surface area (Å²) in [6, 6.07) is 19.0. The number of rotatable bonds is 9. The van der Waals surface area contributed by atoms with Crippen LogP contribution in [0.5, 0.6) is 0 Å². The van der Waals surface area contributed by atoms with Crippen molar-refractivity contribution in [3.63, 3.8) is 0 Å². The van der Waals surface area contributed by atoms with Gasteiger partial charge in [0.1, 0.15) is 0 Å². The molecule has 2 aromatic carbocycles. The number of carboxylic acids is 1. The molecule has 31 heavy (non-hydrogen) atoms. The lowest BCUT2D eigenvalue weighted by Gasteiger charge is -2.20. The molecule has 0 unspecified atom stereocenters. The second-order valence-corrected chi connectivity index (χ2v) is 7.99. The minimum absolute atomic E-state index is 0.00130. The van der Waals surface area contributed by atoms with Crippen LogP contribution >= 0.6 is 0 Å². The summed E-state index contributed by atoms with van der Waals surface area (Å²) in [6.45, 7) is 5.84. The number of hydrogen-bond donors (Lipinski definition) is 1. The molecule has 5 heteroatoms. The summed E-state index contributed by atoms with van der Waals surface area (Å²) in [4.78, 5) is 24.0. The lowest BCUT2D eigenvalue weighted by atomic mass is 10.1. The van der Waals surface area contributed by atoms with Crippen LogP contribution in [0.4, 0.5) is 0 Å². The highest BCUT2D eigenvalue weighted by atomic mass is 16.5.